The van der Waals surface area contributed by atoms with Crippen LogP contribution in [0.3, 0.4) is 0 Å². The summed E-state index contributed by atoms with van der Waals surface area (Å²) in [5.41, 5.74) is 1.34. The van der Waals surface area contributed by atoms with Gasteiger partial charge in [0.05, 0.1) is 30.0 Å². The summed E-state index contributed by atoms with van der Waals surface area (Å²) in [7, 11) is 0. The minimum atomic E-state index is -1.01. The molecule has 7 heteroatoms. The second-order valence-corrected chi connectivity index (χ2v) is 5.49. The Bertz CT molecular complexity index is 567. The van der Waals surface area contributed by atoms with Gasteiger partial charge in [0.1, 0.15) is 12.2 Å². The Balaban J connectivity index is 2.04. The van der Waals surface area contributed by atoms with E-state index in [0.29, 0.717) is 36.5 Å². The van der Waals surface area contributed by atoms with Gasteiger partial charge in [0, 0.05) is 0 Å². The fraction of sp³-hybridized carbons (Fsp3) is 0.571. The number of carbonyl (C=O) groups is 2. The largest absolute Gasteiger partial charge is 0.480 e. The van der Waals surface area contributed by atoms with Gasteiger partial charge in [-0.05, 0) is 26.3 Å². The van der Waals surface area contributed by atoms with E-state index in [1.807, 2.05) is 6.92 Å². The first-order valence-corrected chi connectivity index (χ1v) is 6.83. The molecule has 0 atom stereocenters. The molecule has 1 aromatic heterocycles. The first-order valence-electron chi connectivity index (χ1n) is 6.83. The fourth-order valence-electron chi connectivity index (χ4n) is 2.36. The first kappa shape index (κ1) is 15.4. The highest BCUT2D eigenvalue weighted by Crippen LogP contribution is 2.27. The van der Waals surface area contributed by atoms with Crippen molar-refractivity contribution in [1.29, 1.82) is 0 Å². The normalized spacial score (nSPS) is 16.4. The monoisotopic (exact) mass is 293 g/mol. The fourth-order valence-corrected chi connectivity index (χ4v) is 2.36. The van der Waals surface area contributed by atoms with Crippen molar-refractivity contribution >= 4 is 11.9 Å². The van der Waals surface area contributed by atoms with E-state index in [4.69, 9.17) is 9.84 Å². The minimum Gasteiger partial charge on any atom is -0.480 e. The molecular formula is C14H19N3O4. The number of ether oxygens (including phenoxy) is 1. The third-order valence-electron chi connectivity index (χ3n) is 3.44. The molecule has 1 aliphatic rings. The van der Waals surface area contributed by atoms with Gasteiger partial charge in [0.15, 0.2) is 0 Å². The summed E-state index contributed by atoms with van der Waals surface area (Å²) >= 11 is 0. The average Bonchev–Trinajstić information content (AvgIpc) is 2.41. The number of carbonyl (C=O) groups excluding carboxylic acids is 1. The van der Waals surface area contributed by atoms with Gasteiger partial charge in [0.25, 0.3) is 5.91 Å². The Morgan fingerprint density at radius 2 is 2.10 bits per heavy atom. The van der Waals surface area contributed by atoms with Gasteiger partial charge in [0.2, 0.25) is 0 Å². The molecule has 0 aliphatic carbocycles. The lowest BCUT2D eigenvalue weighted by atomic mass is 9.95. The number of amides is 1. The SMILES string of the molecule is CCc1nnc(C)cc1C(=O)N1CC(C)(OCC(=O)O)C1. The number of nitrogens with zero attached hydrogens (tertiary/aromatic N) is 3. The van der Waals surface area contributed by atoms with Crippen LogP contribution < -0.4 is 0 Å². The molecule has 114 valence electrons. The molecule has 21 heavy (non-hydrogen) atoms. The topological polar surface area (TPSA) is 92.6 Å². The minimum absolute atomic E-state index is 0.110. The number of rotatable bonds is 5. The van der Waals surface area contributed by atoms with Crippen LogP contribution in [-0.4, -0.2) is 57.4 Å². The number of carboxylic acid groups (broad SMARTS) is 1. The first-order chi connectivity index (χ1) is 9.84. The van der Waals surface area contributed by atoms with Gasteiger partial charge in [-0.15, -0.1) is 0 Å². The molecule has 0 spiro atoms. The molecule has 0 bridgehead atoms. The Morgan fingerprint density at radius 1 is 1.43 bits per heavy atom. The Labute approximate surface area is 122 Å². The van der Waals surface area contributed by atoms with E-state index in [-0.39, 0.29) is 12.5 Å². The molecule has 1 aliphatic heterocycles. The lowest BCUT2D eigenvalue weighted by Crippen LogP contribution is -2.63. The number of hydrogen-bond acceptors (Lipinski definition) is 5. The van der Waals surface area contributed by atoms with E-state index < -0.39 is 11.6 Å². The third-order valence-corrected chi connectivity index (χ3v) is 3.44. The molecule has 0 unspecified atom stereocenters. The van der Waals surface area contributed by atoms with Crippen molar-refractivity contribution in [2.45, 2.75) is 32.8 Å². The Morgan fingerprint density at radius 3 is 2.67 bits per heavy atom. The van der Waals surface area contributed by atoms with Gasteiger partial charge in [-0.25, -0.2) is 4.79 Å². The van der Waals surface area contributed by atoms with Gasteiger partial charge in [-0.3, -0.25) is 4.79 Å². The molecule has 2 rings (SSSR count). The Kier molecular flexibility index (Phi) is 4.22. The van der Waals surface area contributed by atoms with Crippen molar-refractivity contribution in [3.05, 3.63) is 23.0 Å². The molecule has 0 saturated carbocycles. The van der Waals surface area contributed by atoms with Crippen molar-refractivity contribution in [2.75, 3.05) is 19.7 Å². The van der Waals surface area contributed by atoms with Crippen molar-refractivity contribution in [2.24, 2.45) is 0 Å². The van der Waals surface area contributed by atoms with Crippen LogP contribution in [0.4, 0.5) is 0 Å². The van der Waals surface area contributed by atoms with Crippen molar-refractivity contribution < 1.29 is 19.4 Å². The van der Waals surface area contributed by atoms with E-state index in [1.54, 1.807) is 24.8 Å². The molecule has 1 N–H and O–H groups in total. The zero-order valence-electron chi connectivity index (χ0n) is 12.4. The molecule has 1 amide bonds. The average molecular weight is 293 g/mol. The van der Waals surface area contributed by atoms with Gasteiger partial charge in [-0.2, -0.15) is 10.2 Å². The second kappa shape index (κ2) is 5.77. The highest BCUT2D eigenvalue weighted by atomic mass is 16.5. The number of aliphatic carboxylic acids is 1. The van der Waals surface area contributed by atoms with Gasteiger partial charge in [-0.1, -0.05) is 6.92 Å². The van der Waals surface area contributed by atoms with Crippen LogP contribution in [0.25, 0.3) is 0 Å². The Hall–Kier alpha value is -2.02. The lowest BCUT2D eigenvalue weighted by molar-refractivity contribution is -0.159. The maximum atomic E-state index is 12.5. The molecule has 0 radical (unpaired) electrons. The molecule has 1 fully saturated rings. The molecule has 2 heterocycles. The zero-order valence-corrected chi connectivity index (χ0v) is 12.4. The van der Waals surface area contributed by atoms with E-state index in [1.165, 1.54) is 0 Å². The quantitative estimate of drug-likeness (QED) is 0.857. The van der Waals surface area contributed by atoms with E-state index >= 15 is 0 Å². The number of hydrogen-bond donors (Lipinski definition) is 1. The van der Waals surface area contributed by atoms with Crippen molar-refractivity contribution in [1.82, 2.24) is 15.1 Å². The summed E-state index contributed by atoms with van der Waals surface area (Å²) in [5, 5.41) is 16.6. The summed E-state index contributed by atoms with van der Waals surface area (Å²) in [6.07, 6.45) is 0.634. The summed E-state index contributed by atoms with van der Waals surface area (Å²) in [6.45, 7) is 5.92. The predicted octanol–water partition coefficient (Wildman–Crippen LogP) is 0.663. The number of aryl methyl sites for hydroxylation is 2. The van der Waals surface area contributed by atoms with Crippen LogP contribution in [0.5, 0.6) is 0 Å². The summed E-state index contributed by atoms with van der Waals surface area (Å²) < 4.78 is 5.30. The highest BCUT2D eigenvalue weighted by Gasteiger charge is 2.43. The van der Waals surface area contributed by atoms with Gasteiger partial charge < -0.3 is 14.7 Å². The maximum Gasteiger partial charge on any atom is 0.329 e. The zero-order chi connectivity index (χ0) is 15.6. The molecular weight excluding hydrogens is 274 g/mol. The summed E-state index contributed by atoms with van der Waals surface area (Å²) in [6, 6.07) is 1.74. The standard InChI is InChI=1S/C14H19N3O4/c1-4-11-10(5-9(2)15-16-11)13(20)17-7-14(3,8-17)21-6-12(18)19/h5H,4,6-8H2,1-3H3,(H,18,19). The van der Waals surface area contributed by atoms with Crippen LogP contribution in [0.1, 0.15) is 35.6 Å². The summed E-state index contributed by atoms with van der Waals surface area (Å²) in [4.78, 5) is 24.6. The lowest BCUT2D eigenvalue weighted by Gasteiger charge is -2.47. The molecule has 1 aromatic rings. The van der Waals surface area contributed by atoms with Crippen LogP contribution in [0.15, 0.2) is 6.07 Å². The second-order valence-electron chi connectivity index (χ2n) is 5.49. The van der Waals surface area contributed by atoms with Crippen molar-refractivity contribution in [3.8, 4) is 0 Å². The summed E-state index contributed by atoms with van der Waals surface area (Å²) in [5.74, 6) is -1.12. The molecule has 1 saturated heterocycles. The van der Waals surface area contributed by atoms with E-state index in [2.05, 4.69) is 10.2 Å². The smallest absolute Gasteiger partial charge is 0.329 e. The van der Waals surface area contributed by atoms with Gasteiger partial charge >= 0.3 is 5.97 Å². The predicted molar refractivity (Wildman–Crippen MR) is 74.0 cm³/mol. The number of carboxylic acids is 1. The van der Waals surface area contributed by atoms with E-state index in [0.717, 1.165) is 0 Å². The van der Waals surface area contributed by atoms with Crippen LogP contribution in [-0.2, 0) is 16.0 Å². The van der Waals surface area contributed by atoms with Crippen LogP contribution >= 0.6 is 0 Å². The maximum absolute atomic E-state index is 12.5. The molecule has 7 nitrogen and oxygen atoms in total. The van der Waals surface area contributed by atoms with Crippen LogP contribution in [0, 0.1) is 6.92 Å². The molecule has 0 aromatic carbocycles. The third kappa shape index (κ3) is 3.36. The number of likely N-dealkylation sites (tertiary alicyclic amines) is 1. The van der Waals surface area contributed by atoms with E-state index in [9.17, 15) is 9.59 Å². The van der Waals surface area contributed by atoms with Crippen molar-refractivity contribution in [3.63, 3.8) is 0 Å². The highest BCUT2D eigenvalue weighted by molar-refractivity contribution is 5.96. The number of aromatic nitrogens is 2. The van der Waals surface area contributed by atoms with Crippen LogP contribution in [0.2, 0.25) is 0 Å².